The lowest BCUT2D eigenvalue weighted by molar-refractivity contribution is -0.376. The van der Waals surface area contributed by atoms with Crippen molar-refractivity contribution in [2.24, 2.45) is 0 Å². The van der Waals surface area contributed by atoms with Crippen LogP contribution in [0.5, 0.6) is 23.0 Å². The zero-order chi connectivity index (χ0) is 32.1. The Morgan fingerprint density at radius 3 is 2.34 bits per heavy atom. The highest BCUT2D eigenvalue weighted by Crippen LogP contribution is 2.50. The van der Waals surface area contributed by atoms with Crippen LogP contribution in [-0.2, 0) is 28.9 Å². The molecule has 3 aromatic rings. The van der Waals surface area contributed by atoms with E-state index in [1.807, 2.05) is 0 Å². The molecule has 5 rings (SSSR count). The maximum Gasteiger partial charge on any atom is 0.430 e. The van der Waals surface area contributed by atoms with Crippen LogP contribution in [0.2, 0.25) is 0 Å². The minimum absolute atomic E-state index is 0.0101. The summed E-state index contributed by atoms with van der Waals surface area (Å²) in [7, 11) is 0. The average molecular weight is 625 g/mol. The lowest BCUT2D eigenvalue weighted by atomic mass is 9.90. The van der Waals surface area contributed by atoms with E-state index in [9.17, 15) is 41.0 Å². The number of carbonyl (C=O) groups excluding carboxylic acids is 2. The Kier molecular flexibility index (Phi) is 7.69. The van der Waals surface area contributed by atoms with Crippen molar-refractivity contribution in [2.45, 2.75) is 56.7 Å². The quantitative estimate of drug-likeness (QED) is 0.221. The number of fused-ring (bicyclic) bond motifs is 1. The zero-order valence-electron chi connectivity index (χ0n) is 23.3. The summed E-state index contributed by atoms with van der Waals surface area (Å²) in [6.45, 7) is 3.11. The van der Waals surface area contributed by atoms with Gasteiger partial charge in [0.1, 0.15) is 17.0 Å². The molecule has 0 aromatic heterocycles. The number of nitrogens with zero attached hydrogens (tertiary/aromatic N) is 1. The maximum absolute atomic E-state index is 13.4. The average Bonchev–Trinajstić information content (AvgIpc) is 3.51. The van der Waals surface area contributed by atoms with Gasteiger partial charge in [-0.3, -0.25) is 9.69 Å². The van der Waals surface area contributed by atoms with E-state index < -0.39 is 41.0 Å². The number of halogens is 6. The van der Waals surface area contributed by atoms with Gasteiger partial charge in [-0.15, -0.1) is 0 Å². The number of urea groups is 1. The Morgan fingerprint density at radius 1 is 0.955 bits per heavy atom. The first-order chi connectivity index (χ1) is 20.6. The summed E-state index contributed by atoms with van der Waals surface area (Å²) >= 11 is 0. The highest BCUT2D eigenvalue weighted by Gasteiger charge is 2.71. The van der Waals surface area contributed by atoms with E-state index in [4.69, 9.17) is 14.2 Å². The van der Waals surface area contributed by atoms with Crippen LogP contribution < -0.4 is 19.5 Å². The third-order valence-corrected chi connectivity index (χ3v) is 7.51. The molecule has 0 radical (unpaired) electrons. The highest BCUT2D eigenvalue weighted by molar-refractivity contribution is 6.07. The Balaban J connectivity index is 1.38. The summed E-state index contributed by atoms with van der Waals surface area (Å²) in [4.78, 5) is 27.3. The fourth-order valence-electron chi connectivity index (χ4n) is 5.12. The van der Waals surface area contributed by atoms with Crippen molar-refractivity contribution in [3.05, 3.63) is 82.9 Å². The van der Waals surface area contributed by atoms with Gasteiger partial charge in [0.25, 0.3) is 11.5 Å². The summed E-state index contributed by atoms with van der Waals surface area (Å²) in [5.41, 5.74) is -6.90. The summed E-state index contributed by atoms with van der Waals surface area (Å²) in [5, 5.41) is 12.5. The van der Waals surface area contributed by atoms with E-state index in [1.54, 1.807) is 44.2 Å². The van der Waals surface area contributed by atoms with Gasteiger partial charge in [-0.1, -0.05) is 37.6 Å². The molecule has 1 saturated heterocycles. The van der Waals surface area contributed by atoms with Crippen molar-refractivity contribution in [3.63, 3.8) is 0 Å². The number of aliphatic hydroxyl groups is 1. The van der Waals surface area contributed by atoms with E-state index in [0.717, 1.165) is 11.0 Å². The van der Waals surface area contributed by atoms with Crippen molar-refractivity contribution in [2.75, 3.05) is 6.79 Å². The molecular weight excluding hydrogens is 598 g/mol. The third-order valence-electron chi connectivity index (χ3n) is 7.51. The fraction of sp³-hybridized carbons (Fsp3) is 0.333. The van der Waals surface area contributed by atoms with Gasteiger partial charge in [-0.25, -0.2) is 4.79 Å². The number of benzene rings is 3. The van der Waals surface area contributed by atoms with Crippen LogP contribution >= 0.6 is 0 Å². The second kappa shape index (κ2) is 10.9. The summed E-state index contributed by atoms with van der Waals surface area (Å²) in [5.74, 6) is 0.544. The number of amides is 3. The van der Waals surface area contributed by atoms with Gasteiger partial charge in [-0.2, -0.15) is 26.3 Å². The summed E-state index contributed by atoms with van der Waals surface area (Å²) < 4.78 is 97.2. The number of ether oxygens (including phenoxy) is 3. The van der Waals surface area contributed by atoms with Crippen molar-refractivity contribution < 1.29 is 55.2 Å². The van der Waals surface area contributed by atoms with Gasteiger partial charge in [0.15, 0.2) is 11.5 Å². The Labute approximate surface area is 247 Å². The van der Waals surface area contributed by atoms with Crippen LogP contribution in [0, 0.1) is 0 Å². The van der Waals surface area contributed by atoms with Crippen molar-refractivity contribution in [1.29, 1.82) is 0 Å². The smallest absolute Gasteiger partial charge is 0.430 e. The van der Waals surface area contributed by atoms with Crippen molar-refractivity contribution in [1.82, 2.24) is 10.2 Å². The Hall–Kier alpha value is -4.46. The molecule has 0 bridgehead atoms. The van der Waals surface area contributed by atoms with Crippen LogP contribution in [-0.4, -0.2) is 41.1 Å². The van der Waals surface area contributed by atoms with E-state index in [1.165, 1.54) is 12.1 Å². The van der Waals surface area contributed by atoms with E-state index >= 15 is 0 Å². The van der Waals surface area contributed by atoms with E-state index in [0.29, 0.717) is 41.2 Å². The molecule has 2 aliphatic heterocycles. The maximum atomic E-state index is 13.4. The molecule has 14 heteroatoms. The van der Waals surface area contributed by atoms with Gasteiger partial charge in [-0.05, 0) is 66.4 Å². The number of rotatable bonds is 8. The number of carbonyl (C=O) groups is 2. The first kappa shape index (κ1) is 31.0. The molecule has 8 nitrogen and oxygen atoms in total. The number of aryl methyl sites for hydroxylation is 1. The van der Waals surface area contributed by atoms with Gasteiger partial charge in [0.2, 0.25) is 6.79 Å². The molecule has 2 aliphatic rings. The minimum Gasteiger partial charge on any atom is -0.457 e. The van der Waals surface area contributed by atoms with Crippen LogP contribution in [0.4, 0.5) is 31.1 Å². The second-order valence-electron chi connectivity index (χ2n) is 10.5. The van der Waals surface area contributed by atoms with Crippen LogP contribution in [0.25, 0.3) is 0 Å². The predicted molar refractivity (Wildman–Crippen MR) is 142 cm³/mol. The zero-order valence-corrected chi connectivity index (χ0v) is 23.3. The molecular formula is C30H26F6N2O6. The topological polar surface area (TPSA) is 97.3 Å². The monoisotopic (exact) mass is 624 g/mol. The van der Waals surface area contributed by atoms with Crippen LogP contribution in [0.15, 0.2) is 60.7 Å². The number of imide groups is 1. The fourth-order valence-corrected chi connectivity index (χ4v) is 5.12. The normalized spacial score (nSPS) is 18.5. The number of hydrogen-bond acceptors (Lipinski definition) is 6. The van der Waals surface area contributed by atoms with E-state index in [2.05, 4.69) is 5.32 Å². The molecule has 2 heterocycles. The largest absolute Gasteiger partial charge is 0.457 e. The Bertz CT molecular complexity index is 1590. The molecule has 234 valence electrons. The van der Waals surface area contributed by atoms with Gasteiger partial charge in [0.05, 0.1) is 6.54 Å². The highest BCUT2D eigenvalue weighted by atomic mass is 19.4. The molecule has 3 aromatic carbocycles. The lowest BCUT2D eigenvalue weighted by Crippen LogP contribution is -2.53. The first-order valence-corrected chi connectivity index (χ1v) is 13.4. The molecule has 0 saturated carbocycles. The summed E-state index contributed by atoms with van der Waals surface area (Å²) in [6.07, 6.45) is -11.6. The number of hydrogen-bond donors (Lipinski definition) is 2. The summed E-state index contributed by atoms with van der Waals surface area (Å²) in [6, 6.07) is 12.5. The third kappa shape index (κ3) is 5.27. The molecule has 0 aliphatic carbocycles. The van der Waals surface area contributed by atoms with Crippen molar-refractivity contribution >= 4 is 11.9 Å². The van der Waals surface area contributed by atoms with Crippen molar-refractivity contribution in [3.8, 4) is 23.0 Å². The molecule has 3 amide bonds. The lowest BCUT2D eigenvalue weighted by Gasteiger charge is -2.33. The van der Waals surface area contributed by atoms with E-state index in [-0.39, 0.29) is 36.8 Å². The Morgan fingerprint density at radius 2 is 1.66 bits per heavy atom. The molecule has 44 heavy (non-hydrogen) atoms. The minimum atomic E-state index is -6.02. The van der Waals surface area contributed by atoms with Gasteiger partial charge in [0, 0.05) is 5.56 Å². The predicted octanol–water partition coefficient (Wildman–Crippen LogP) is 6.44. The number of alkyl halides is 6. The first-order valence-electron chi connectivity index (χ1n) is 13.4. The SMILES string of the molecule is CCCc1cc(C(O)(C(F)(F)F)C(F)(F)F)ccc1Oc1cccc(CN2C(=O)NC(C)(c3ccc4c(c3)OCO4)C2=O)c1. The van der Waals surface area contributed by atoms with Gasteiger partial charge < -0.3 is 24.6 Å². The van der Waals surface area contributed by atoms with Gasteiger partial charge >= 0.3 is 18.4 Å². The molecule has 2 N–H and O–H groups in total. The molecule has 1 atom stereocenters. The second-order valence-corrected chi connectivity index (χ2v) is 10.5. The molecule has 0 spiro atoms. The van der Waals surface area contributed by atoms with Crippen LogP contribution in [0.1, 0.15) is 42.5 Å². The molecule has 1 fully saturated rings. The van der Waals surface area contributed by atoms with Crippen LogP contribution in [0.3, 0.4) is 0 Å². The molecule has 1 unspecified atom stereocenters. The number of nitrogens with one attached hydrogen (secondary N) is 1. The standard InChI is InChI=1S/C30H26F6N2O6/c1-3-5-18-13-20(28(41,29(31,32)33)30(34,35)36)9-10-22(18)44-21-7-4-6-17(12-21)15-38-25(39)27(2,37-26(38)40)19-8-11-23-24(14-19)43-16-42-23/h4,6-14,41H,3,5,15-16H2,1-2H3,(H,37,40).